The minimum Gasteiger partial charge on any atom is -0.394 e. The zero-order valence-corrected chi connectivity index (χ0v) is 17.8. The second kappa shape index (κ2) is 8.27. The summed E-state index contributed by atoms with van der Waals surface area (Å²) in [5, 5.41) is 8.89. The zero-order chi connectivity index (χ0) is 22.3. The molecule has 1 fully saturated rings. The molecule has 166 valence electrons. The first kappa shape index (κ1) is 21.3. The van der Waals surface area contributed by atoms with E-state index in [9.17, 15) is 14.0 Å². The van der Waals surface area contributed by atoms with E-state index in [2.05, 4.69) is 0 Å². The number of halogens is 1. The van der Waals surface area contributed by atoms with Crippen molar-refractivity contribution in [2.45, 2.75) is 32.6 Å². The molecule has 10 heteroatoms. The van der Waals surface area contributed by atoms with Crippen LogP contribution in [0, 0.1) is 5.82 Å². The minimum atomic E-state index is -0.706. The molecule has 3 aliphatic rings. The fourth-order valence-corrected chi connectivity index (χ4v) is 4.21. The van der Waals surface area contributed by atoms with E-state index in [0.717, 1.165) is 16.3 Å². The third-order valence-electron chi connectivity index (χ3n) is 5.98. The van der Waals surface area contributed by atoms with E-state index >= 15 is 0 Å². The maximum atomic E-state index is 14.2. The number of hydrogen-bond acceptors (Lipinski definition) is 7. The van der Waals surface area contributed by atoms with Gasteiger partial charge in [0, 0.05) is 30.5 Å². The summed E-state index contributed by atoms with van der Waals surface area (Å²) in [4.78, 5) is 37.4. The van der Waals surface area contributed by atoms with E-state index in [4.69, 9.17) is 14.8 Å². The number of rotatable bonds is 7. The molecule has 3 aliphatic heterocycles. The van der Waals surface area contributed by atoms with Crippen molar-refractivity contribution in [3.8, 4) is 0 Å². The second-order valence-electron chi connectivity index (χ2n) is 7.73. The van der Waals surface area contributed by atoms with Crippen LogP contribution < -0.4 is 0 Å². The highest BCUT2D eigenvalue weighted by Gasteiger charge is 2.55. The molecule has 0 aliphatic carbocycles. The number of allylic oxidation sites excluding steroid dienone is 2. The zero-order valence-electron chi connectivity index (χ0n) is 17.8. The molecule has 0 bridgehead atoms. The van der Waals surface area contributed by atoms with Gasteiger partial charge in [0.05, 0.1) is 26.4 Å². The molecule has 0 aromatic heterocycles. The Bertz CT molecular complexity index is 965. The number of aliphatic hydroxyl groups excluding tert-OH is 1. The lowest BCUT2D eigenvalue weighted by atomic mass is 10.1. The van der Waals surface area contributed by atoms with Gasteiger partial charge in [0.1, 0.15) is 5.82 Å². The number of likely N-dealkylation sites (N-methyl/N-ethyl adjacent to an activating group) is 1. The van der Waals surface area contributed by atoms with Crippen molar-refractivity contribution < 1.29 is 23.8 Å². The van der Waals surface area contributed by atoms with Gasteiger partial charge in [-0.3, -0.25) is 14.6 Å². The van der Waals surface area contributed by atoms with Crippen LogP contribution in [0.1, 0.15) is 19.4 Å². The molecule has 1 aromatic carbocycles. The Morgan fingerprint density at radius 3 is 2.58 bits per heavy atom. The van der Waals surface area contributed by atoms with Gasteiger partial charge in [-0.2, -0.15) is 0 Å². The summed E-state index contributed by atoms with van der Waals surface area (Å²) in [6.45, 7) is 4.80. The number of imide groups is 1. The molecule has 9 nitrogen and oxygen atoms in total. The summed E-state index contributed by atoms with van der Waals surface area (Å²) in [6.07, 6.45) is -0.657. The maximum Gasteiger partial charge on any atom is 0.328 e. The van der Waals surface area contributed by atoms with Crippen molar-refractivity contribution in [2.24, 2.45) is 4.99 Å². The Labute approximate surface area is 180 Å². The molecular weight excluding hydrogens is 405 g/mol. The van der Waals surface area contributed by atoms with Gasteiger partial charge in [0.15, 0.2) is 12.2 Å². The number of carbonyl (C=O) groups is 2. The summed E-state index contributed by atoms with van der Waals surface area (Å²) in [7, 11) is 1.60. The van der Waals surface area contributed by atoms with Crippen LogP contribution in [-0.2, 0) is 16.1 Å². The second-order valence-corrected chi connectivity index (χ2v) is 7.73. The van der Waals surface area contributed by atoms with Crippen molar-refractivity contribution in [3.63, 3.8) is 0 Å². The van der Waals surface area contributed by atoms with E-state index in [1.54, 1.807) is 25.2 Å². The fraction of sp³-hybridized carbons (Fsp3) is 0.476. The Morgan fingerprint density at radius 1 is 1.13 bits per heavy atom. The number of ether oxygens (including phenoxy) is 1. The van der Waals surface area contributed by atoms with Crippen LogP contribution in [-0.4, -0.2) is 88.2 Å². The molecule has 4 rings (SSSR count). The van der Waals surface area contributed by atoms with Crippen LogP contribution in [0.25, 0.3) is 0 Å². The molecule has 0 spiro atoms. The number of nitrogens with zero attached hydrogens (tertiary/aromatic N) is 5. The summed E-state index contributed by atoms with van der Waals surface area (Å²) in [6, 6.07) is 4.91. The van der Waals surface area contributed by atoms with Gasteiger partial charge in [0.25, 0.3) is 5.91 Å². The van der Waals surface area contributed by atoms with Gasteiger partial charge in [-0.25, -0.2) is 14.2 Å². The van der Waals surface area contributed by atoms with E-state index in [1.165, 1.54) is 11.0 Å². The summed E-state index contributed by atoms with van der Waals surface area (Å²) in [5.74, 6) is -0.266. The van der Waals surface area contributed by atoms with Crippen molar-refractivity contribution in [3.05, 3.63) is 47.0 Å². The lowest BCUT2D eigenvalue weighted by Crippen LogP contribution is -2.64. The van der Waals surface area contributed by atoms with Gasteiger partial charge in [-0.1, -0.05) is 18.2 Å². The van der Waals surface area contributed by atoms with Crippen LogP contribution >= 0.6 is 0 Å². The lowest BCUT2D eigenvalue weighted by Gasteiger charge is -2.40. The average molecular weight is 431 g/mol. The molecule has 1 N–H and O–H groups in total. The molecule has 31 heavy (non-hydrogen) atoms. The monoisotopic (exact) mass is 431 g/mol. The van der Waals surface area contributed by atoms with Crippen LogP contribution in [0.5, 0.6) is 0 Å². The maximum absolute atomic E-state index is 14.2. The number of urea groups is 1. The van der Waals surface area contributed by atoms with Crippen molar-refractivity contribution in [1.29, 1.82) is 0 Å². The third kappa shape index (κ3) is 3.45. The van der Waals surface area contributed by atoms with Gasteiger partial charge in [-0.05, 0) is 19.9 Å². The molecular formula is C21H26FN5O4. The van der Waals surface area contributed by atoms with Gasteiger partial charge < -0.3 is 19.6 Å². The number of hydrogen-bond donors (Lipinski definition) is 1. The molecule has 0 radical (unpaired) electrons. The Kier molecular flexibility index (Phi) is 5.67. The first-order valence-electron chi connectivity index (χ1n) is 10.2. The van der Waals surface area contributed by atoms with Crippen molar-refractivity contribution in [2.75, 3.05) is 33.4 Å². The van der Waals surface area contributed by atoms with Crippen LogP contribution in [0.2, 0.25) is 0 Å². The predicted molar refractivity (Wildman–Crippen MR) is 110 cm³/mol. The van der Waals surface area contributed by atoms with E-state index in [0.29, 0.717) is 19.1 Å². The number of aliphatic hydroxyl groups is 1. The number of benzene rings is 1. The smallest absolute Gasteiger partial charge is 0.328 e. The van der Waals surface area contributed by atoms with E-state index in [1.807, 2.05) is 23.6 Å². The first-order valence-corrected chi connectivity index (χ1v) is 10.2. The SMILES string of the molecule is CC1=C(C)N2C(=NC3C2C(=O)N(Cc2ccccc2F)C(=O)N3C)N1CCOCCO. The molecule has 1 saturated heterocycles. The average Bonchev–Trinajstić information content (AvgIpc) is 3.25. The summed E-state index contributed by atoms with van der Waals surface area (Å²) < 4.78 is 19.6. The number of aliphatic imine (C=N–C) groups is 1. The highest BCUT2D eigenvalue weighted by molar-refractivity contribution is 6.05. The molecule has 0 saturated carbocycles. The normalized spacial score (nSPS) is 23.1. The number of guanidine groups is 1. The van der Waals surface area contributed by atoms with Crippen molar-refractivity contribution >= 4 is 17.9 Å². The molecule has 2 unspecified atom stereocenters. The fourth-order valence-electron chi connectivity index (χ4n) is 4.21. The molecule has 3 amide bonds. The first-order chi connectivity index (χ1) is 14.9. The summed E-state index contributed by atoms with van der Waals surface area (Å²) >= 11 is 0. The standard InChI is InChI=1S/C21H26FN5O4/c1-13-14(2)27-17-18(23-20(27)25(13)8-10-31-11-9-28)24(3)21(30)26(19(17)29)12-15-6-4-5-7-16(15)22/h4-7,17-18,28H,8-12H2,1-3H3. The number of carbonyl (C=O) groups excluding carboxylic acids is 2. The van der Waals surface area contributed by atoms with Gasteiger partial charge >= 0.3 is 6.03 Å². The van der Waals surface area contributed by atoms with E-state index in [-0.39, 0.29) is 25.3 Å². The Morgan fingerprint density at radius 2 is 1.87 bits per heavy atom. The van der Waals surface area contributed by atoms with Crippen LogP contribution in [0.3, 0.4) is 0 Å². The Hall–Kier alpha value is -2.98. The van der Waals surface area contributed by atoms with Crippen LogP contribution in [0.15, 0.2) is 40.7 Å². The quantitative estimate of drug-likeness (QED) is 0.652. The van der Waals surface area contributed by atoms with Crippen LogP contribution in [0.4, 0.5) is 9.18 Å². The Balaban J connectivity index is 1.60. The van der Waals surface area contributed by atoms with E-state index < -0.39 is 30.0 Å². The topological polar surface area (TPSA) is 88.9 Å². The molecule has 1 aromatic rings. The van der Waals surface area contributed by atoms with Gasteiger partial charge in [-0.15, -0.1) is 0 Å². The number of fused-ring (bicyclic) bond motifs is 3. The molecule has 2 atom stereocenters. The molecule has 3 heterocycles. The largest absolute Gasteiger partial charge is 0.394 e. The minimum absolute atomic E-state index is 0.0513. The highest BCUT2D eigenvalue weighted by Crippen LogP contribution is 2.37. The lowest BCUT2D eigenvalue weighted by molar-refractivity contribution is -0.137. The highest BCUT2D eigenvalue weighted by atomic mass is 19.1. The van der Waals surface area contributed by atoms with Gasteiger partial charge in [0.2, 0.25) is 5.96 Å². The predicted octanol–water partition coefficient (Wildman–Crippen LogP) is 1.16. The van der Waals surface area contributed by atoms with Crippen molar-refractivity contribution in [1.82, 2.24) is 19.6 Å². The number of amides is 3. The summed E-state index contributed by atoms with van der Waals surface area (Å²) in [5.41, 5.74) is 2.09. The third-order valence-corrected chi connectivity index (χ3v) is 5.98.